The van der Waals surface area contributed by atoms with E-state index in [2.05, 4.69) is 4.99 Å². The Kier molecular flexibility index (Phi) is 5.50. The number of pyridine rings is 1. The molecule has 28 heavy (non-hydrogen) atoms. The second-order valence-corrected chi connectivity index (χ2v) is 5.90. The molecule has 8 heteroatoms. The lowest BCUT2D eigenvalue weighted by molar-refractivity contribution is -0.385. The Bertz CT molecular complexity index is 1090. The number of rotatable bonds is 5. The van der Waals surface area contributed by atoms with Crippen molar-refractivity contribution in [1.82, 2.24) is 4.73 Å². The number of nitro groups is 1. The van der Waals surface area contributed by atoms with E-state index in [0.29, 0.717) is 5.56 Å². The summed E-state index contributed by atoms with van der Waals surface area (Å²) < 4.78 is 5.55. The zero-order chi connectivity index (χ0) is 20.1. The van der Waals surface area contributed by atoms with Gasteiger partial charge in [-0.15, -0.1) is 0 Å². The van der Waals surface area contributed by atoms with Gasteiger partial charge in [0.25, 0.3) is 5.69 Å². The lowest BCUT2D eigenvalue weighted by atomic mass is 9.99. The third-order valence-electron chi connectivity index (χ3n) is 4.13. The molecule has 0 aliphatic heterocycles. The van der Waals surface area contributed by atoms with Crippen molar-refractivity contribution in [3.63, 3.8) is 0 Å². The van der Waals surface area contributed by atoms with Crippen molar-refractivity contribution in [3.05, 3.63) is 93.6 Å². The Morgan fingerprint density at radius 1 is 1.18 bits per heavy atom. The molecular formula is C20H17N3O5. The molecule has 0 fully saturated rings. The molecule has 0 bridgehead atoms. The third kappa shape index (κ3) is 4.07. The van der Waals surface area contributed by atoms with Crippen molar-refractivity contribution in [1.29, 1.82) is 0 Å². The van der Waals surface area contributed by atoms with Gasteiger partial charge < -0.3 is 9.94 Å². The highest BCUT2D eigenvalue weighted by molar-refractivity contribution is 5.97. The third-order valence-corrected chi connectivity index (χ3v) is 4.13. The first-order valence-electron chi connectivity index (χ1n) is 8.33. The molecule has 142 valence electrons. The van der Waals surface area contributed by atoms with Crippen LogP contribution in [0.2, 0.25) is 0 Å². The minimum atomic E-state index is -0.549. The molecule has 0 atom stereocenters. The summed E-state index contributed by atoms with van der Waals surface area (Å²) >= 11 is 0. The molecule has 3 aromatic rings. The summed E-state index contributed by atoms with van der Waals surface area (Å²) in [6, 6.07) is 16.9. The highest BCUT2D eigenvalue weighted by Crippen LogP contribution is 2.24. The number of carbonyl (C=O) groups excluding carboxylic acids is 1. The fraction of sp³-hybridized carbons (Fsp3) is 0.100. The first-order chi connectivity index (χ1) is 13.5. The summed E-state index contributed by atoms with van der Waals surface area (Å²) in [5, 5.41) is 20.6. The van der Waals surface area contributed by atoms with E-state index in [1.165, 1.54) is 25.4 Å². The van der Waals surface area contributed by atoms with Gasteiger partial charge in [-0.1, -0.05) is 42.5 Å². The number of esters is 1. The summed E-state index contributed by atoms with van der Waals surface area (Å²) in [5.41, 5.74) is 2.83. The molecule has 1 aromatic heterocycles. The van der Waals surface area contributed by atoms with Gasteiger partial charge in [0, 0.05) is 6.07 Å². The van der Waals surface area contributed by atoms with E-state index in [1.54, 1.807) is 12.1 Å². The van der Waals surface area contributed by atoms with E-state index in [4.69, 9.17) is 4.74 Å². The second kappa shape index (κ2) is 8.17. The van der Waals surface area contributed by atoms with E-state index < -0.39 is 10.9 Å². The monoisotopic (exact) mass is 379 g/mol. The van der Waals surface area contributed by atoms with Crippen molar-refractivity contribution in [2.75, 3.05) is 7.11 Å². The number of methoxy groups -OCH3 is 1. The topological polar surface area (TPSA) is 107 Å². The van der Waals surface area contributed by atoms with Crippen LogP contribution in [0.5, 0.6) is 0 Å². The van der Waals surface area contributed by atoms with Crippen molar-refractivity contribution in [2.24, 2.45) is 4.99 Å². The number of nitrogens with zero attached hydrogens (tertiary/aromatic N) is 3. The molecular weight excluding hydrogens is 362 g/mol. The predicted molar refractivity (Wildman–Crippen MR) is 101 cm³/mol. The molecule has 8 nitrogen and oxygen atoms in total. The van der Waals surface area contributed by atoms with Gasteiger partial charge in [0.1, 0.15) is 0 Å². The average Bonchev–Trinajstić information content (AvgIpc) is 2.72. The standard InChI is InChI=1S/C20H17N3O5/c1-28-20(24)18-5-3-2-4-17(18)15-8-6-14(7-9-15)13-21-19-12-16(23(26)27)10-11-22(19)25/h2-12,25H,13H2,1H3. The minimum Gasteiger partial charge on any atom is -0.465 e. The second-order valence-electron chi connectivity index (χ2n) is 5.90. The maximum absolute atomic E-state index is 11.9. The Morgan fingerprint density at radius 2 is 1.89 bits per heavy atom. The number of hydrogen-bond acceptors (Lipinski definition) is 6. The van der Waals surface area contributed by atoms with Crippen LogP contribution in [0.15, 0.2) is 71.9 Å². The first-order valence-corrected chi connectivity index (χ1v) is 8.33. The van der Waals surface area contributed by atoms with Gasteiger partial charge in [-0.25, -0.2) is 4.79 Å². The summed E-state index contributed by atoms with van der Waals surface area (Å²) in [6.45, 7) is 0.223. The number of carbonyl (C=O) groups is 1. The summed E-state index contributed by atoms with van der Waals surface area (Å²) in [7, 11) is 1.34. The van der Waals surface area contributed by atoms with E-state index in [9.17, 15) is 20.1 Å². The Morgan fingerprint density at radius 3 is 2.57 bits per heavy atom. The maximum Gasteiger partial charge on any atom is 0.338 e. The predicted octanol–water partition coefficient (Wildman–Crippen LogP) is 3.19. The number of aromatic nitrogens is 1. The lowest BCUT2D eigenvalue weighted by Crippen LogP contribution is -2.18. The highest BCUT2D eigenvalue weighted by atomic mass is 16.6. The van der Waals surface area contributed by atoms with Gasteiger partial charge in [0.15, 0.2) is 5.49 Å². The molecule has 1 heterocycles. The van der Waals surface area contributed by atoms with Gasteiger partial charge in [-0.05, 0) is 22.8 Å². The zero-order valence-corrected chi connectivity index (χ0v) is 15.0. The summed E-state index contributed by atoms with van der Waals surface area (Å²) in [6.07, 6.45) is 1.17. The van der Waals surface area contributed by atoms with Crippen LogP contribution in [0.3, 0.4) is 0 Å². The van der Waals surface area contributed by atoms with Gasteiger partial charge >= 0.3 is 5.97 Å². The fourth-order valence-corrected chi connectivity index (χ4v) is 2.69. The maximum atomic E-state index is 11.9. The molecule has 0 unspecified atom stereocenters. The number of ether oxygens (including phenoxy) is 1. The van der Waals surface area contributed by atoms with Crippen LogP contribution < -0.4 is 5.49 Å². The molecule has 3 rings (SSSR count). The van der Waals surface area contributed by atoms with E-state index in [1.807, 2.05) is 36.4 Å². The van der Waals surface area contributed by atoms with Crippen LogP contribution in [0.25, 0.3) is 11.1 Å². The Balaban J connectivity index is 1.86. The largest absolute Gasteiger partial charge is 0.465 e. The smallest absolute Gasteiger partial charge is 0.338 e. The van der Waals surface area contributed by atoms with Crippen molar-refractivity contribution in [2.45, 2.75) is 6.54 Å². The van der Waals surface area contributed by atoms with Crippen LogP contribution >= 0.6 is 0 Å². The van der Waals surface area contributed by atoms with Crippen molar-refractivity contribution < 1.29 is 19.7 Å². The summed E-state index contributed by atoms with van der Waals surface area (Å²) in [4.78, 5) is 26.4. The van der Waals surface area contributed by atoms with Crippen LogP contribution in [-0.4, -0.2) is 27.9 Å². The molecule has 0 radical (unpaired) electrons. The van der Waals surface area contributed by atoms with Crippen LogP contribution in [0, 0.1) is 10.1 Å². The molecule has 1 N–H and O–H groups in total. The first kappa shape index (κ1) is 18.8. The number of benzene rings is 2. The van der Waals surface area contributed by atoms with E-state index in [-0.39, 0.29) is 17.7 Å². The van der Waals surface area contributed by atoms with Crippen molar-refractivity contribution in [3.8, 4) is 11.1 Å². The molecule has 0 aliphatic rings. The molecule has 0 saturated carbocycles. The number of hydrogen-bond donors (Lipinski definition) is 1. The quantitative estimate of drug-likeness (QED) is 0.317. The average molecular weight is 379 g/mol. The lowest BCUT2D eigenvalue weighted by Gasteiger charge is -2.08. The summed E-state index contributed by atoms with van der Waals surface area (Å²) in [5.74, 6) is -0.409. The fourth-order valence-electron chi connectivity index (χ4n) is 2.69. The van der Waals surface area contributed by atoms with Crippen LogP contribution in [0.4, 0.5) is 5.69 Å². The van der Waals surface area contributed by atoms with Gasteiger partial charge in [-0.3, -0.25) is 15.1 Å². The van der Waals surface area contributed by atoms with Crippen LogP contribution in [-0.2, 0) is 11.3 Å². The molecule has 0 amide bonds. The van der Waals surface area contributed by atoms with E-state index >= 15 is 0 Å². The minimum absolute atomic E-state index is 0.0781. The molecule has 0 aliphatic carbocycles. The highest BCUT2D eigenvalue weighted by Gasteiger charge is 2.12. The zero-order valence-electron chi connectivity index (χ0n) is 15.0. The Labute approximate surface area is 160 Å². The molecule has 2 aromatic carbocycles. The van der Waals surface area contributed by atoms with Gasteiger partial charge in [0.05, 0.1) is 36.4 Å². The normalized spacial score (nSPS) is 11.2. The van der Waals surface area contributed by atoms with Crippen LogP contribution in [0.1, 0.15) is 15.9 Å². The van der Waals surface area contributed by atoms with Gasteiger partial charge in [0.2, 0.25) is 0 Å². The Hall–Kier alpha value is -3.94. The van der Waals surface area contributed by atoms with E-state index in [0.717, 1.165) is 21.4 Å². The molecule has 0 saturated heterocycles. The van der Waals surface area contributed by atoms with Gasteiger partial charge in [-0.2, -0.15) is 4.73 Å². The van der Waals surface area contributed by atoms with Crippen molar-refractivity contribution >= 4 is 11.7 Å². The molecule has 0 spiro atoms. The SMILES string of the molecule is COC(=O)c1ccccc1-c1ccc(CN=c2cc([N+](=O)[O-])ccn2O)cc1.